The zero-order chi connectivity index (χ0) is 25.3. The van der Waals surface area contributed by atoms with E-state index in [4.69, 9.17) is 10.5 Å². The van der Waals surface area contributed by atoms with Crippen molar-refractivity contribution in [3.05, 3.63) is 35.4 Å². The largest absolute Gasteiger partial charge is 0.468 e. The first-order valence-electron chi connectivity index (χ1n) is 10.2. The number of rotatable bonds is 9. The summed E-state index contributed by atoms with van der Waals surface area (Å²) in [5.74, 6) is -2.91. The third-order valence-electron chi connectivity index (χ3n) is 4.37. The van der Waals surface area contributed by atoms with Gasteiger partial charge in [-0.15, -0.1) is 0 Å². The van der Waals surface area contributed by atoms with Crippen molar-refractivity contribution < 1.29 is 33.4 Å². The van der Waals surface area contributed by atoms with Crippen LogP contribution in [0.15, 0.2) is 24.3 Å². The molecule has 11 nitrogen and oxygen atoms in total. The summed E-state index contributed by atoms with van der Waals surface area (Å²) in [4.78, 5) is 62.5. The van der Waals surface area contributed by atoms with Gasteiger partial charge in [-0.25, -0.2) is 4.79 Å². The Morgan fingerprint density at radius 1 is 1.15 bits per heavy atom. The second-order valence-corrected chi connectivity index (χ2v) is 8.43. The molecule has 1 rings (SSSR count). The molecule has 2 atom stereocenters. The Morgan fingerprint density at radius 2 is 1.79 bits per heavy atom. The van der Waals surface area contributed by atoms with Crippen LogP contribution in [-0.2, 0) is 28.7 Å². The molecule has 0 bridgehead atoms. The number of benzene rings is 1. The number of carbonyl (C=O) groups excluding carboxylic acids is 5. The minimum Gasteiger partial charge on any atom is -0.468 e. The van der Waals surface area contributed by atoms with Gasteiger partial charge in [0, 0.05) is 7.05 Å². The van der Waals surface area contributed by atoms with E-state index < -0.39 is 60.4 Å². The number of nitrogens with zero attached hydrogens (tertiary/aromatic N) is 1. The highest BCUT2D eigenvalue weighted by Crippen LogP contribution is 2.22. The summed E-state index contributed by atoms with van der Waals surface area (Å²) in [7, 11) is 2.52. The maximum atomic E-state index is 13.3. The second kappa shape index (κ2) is 11.8. The molecule has 0 saturated carbocycles. The van der Waals surface area contributed by atoms with Crippen molar-refractivity contribution in [1.82, 2.24) is 15.5 Å². The van der Waals surface area contributed by atoms with Gasteiger partial charge in [0.15, 0.2) is 0 Å². The molecule has 4 N–H and O–H groups in total. The monoisotopic (exact) mass is 464 g/mol. The van der Waals surface area contributed by atoms with Crippen molar-refractivity contribution in [2.45, 2.75) is 51.8 Å². The Morgan fingerprint density at radius 3 is 2.30 bits per heavy atom. The molecule has 0 aliphatic rings. The van der Waals surface area contributed by atoms with Crippen molar-refractivity contribution in [3.8, 4) is 0 Å². The fourth-order valence-electron chi connectivity index (χ4n) is 2.94. The second-order valence-electron chi connectivity index (χ2n) is 8.43. The third-order valence-corrected chi connectivity index (χ3v) is 4.37. The van der Waals surface area contributed by atoms with Gasteiger partial charge in [-0.2, -0.15) is 0 Å². The van der Waals surface area contributed by atoms with E-state index in [2.05, 4.69) is 15.4 Å². The van der Waals surface area contributed by atoms with E-state index in [1.54, 1.807) is 39.0 Å². The number of aryl methyl sites for hydroxylation is 1. The predicted octanol–water partition coefficient (Wildman–Crippen LogP) is 0.552. The lowest BCUT2D eigenvalue weighted by Gasteiger charge is -2.31. The van der Waals surface area contributed by atoms with Crippen LogP contribution in [0, 0.1) is 6.92 Å². The lowest BCUT2D eigenvalue weighted by Crippen LogP contribution is -2.53. The molecule has 0 aliphatic carbocycles. The molecule has 33 heavy (non-hydrogen) atoms. The molecule has 11 heteroatoms. The quantitative estimate of drug-likeness (QED) is 0.450. The minimum absolute atomic E-state index is 0.402. The summed E-state index contributed by atoms with van der Waals surface area (Å²) in [6, 6.07) is 4.33. The summed E-state index contributed by atoms with van der Waals surface area (Å²) in [5, 5.41) is 4.77. The highest BCUT2D eigenvalue weighted by molar-refractivity contribution is 5.95. The summed E-state index contributed by atoms with van der Waals surface area (Å²) < 4.78 is 9.69. The Kier molecular flexibility index (Phi) is 9.83. The lowest BCUT2D eigenvalue weighted by molar-refractivity contribution is -0.144. The number of alkyl carbamates (subject to hydrolysis) is 1. The van der Waals surface area contributed by atoms with Crippen LogP contribution in [0.25, 0.3) is 0 Å². The Hall–Kier alpha value is -3.63. The SMILES string of the molecule is COC(=O)CNC(=O)C(c1cccc(C)c1)N(C)C(=O)C(CC(N)=O)NC(=O)OC(C)(C)C. The zero-order valence-electron chi connectivity index (χ0n) is 19.8. The van der Waals surface area contributed by atoms with E-state index in [0.717, 1.165) is 10.5 Å². The third kappa shape index (κ3) is 9.17. The first-order chi connectivity index (χ1) is 15.2. The molecule has 1 aromatic carbocycles. The molecule has 0 spiro atoms. The number of amides is 4. The number of nitrogens with two attached hydrogens (primary N) is 1. The molecule has 4 amide bonds. The van der Waals surface area contributed by atoms with E-state index in [1.165, 1.54) is 14.2 Å². The van der Waals surface area contributed by atoms with Crippen molar-refractivity contribution in [1.29, 1.82) is 0 Å². The molecular formula is C22H32N4O7. The van der Waals surface area contributed by atoms with Crippen LogP contribution in [0.5, 0.6) is 0 Å². The predicted molar refractivity (Wildman–Crippen MR) is 119 cm³/mol. The maximum Gasteiger partial charge on any atom is 0.408 e. The van der Waals surface area contributed by atoms with Crippen LogP contribution in [0.3, 0.4) is 0 Å². The minimum atomic E-state index is -1.37. The molecule has 0 radical (unpaired) electrons. The van der Waals surface area contributed by atoms with Crippen LogP contribution in [0.4, 0.5) is 4.79 Å². The Balaban J connectivity index is 3.24. The summed E-state index contributed by atoms with van der Waals surface area (Å²) in [5.41, 5.74) is 5.72. The number of hydrogen-bond acceptors (Lipinski definition) is 7. The Bertz CT molecular complexity index is 895. The van der Waals surface area contributed by atoms with Crippen molar-refractivity contribution in [3.63, 3.8) is 0 Å². The number of esters is 1. The van der Waals surface area contributed by atoms with Gasteiger partial charge in [0.05, 0.1) is 13.5 Å². The van der Waals surface area contributed by atoms with E-state index in [-0.39, 0.29) is 0 Å². The number of likely N-dealkylation sites (N-methyl/N-ethyl adjacent to an activating group) is 1. The molecule has 0 saturated heterocycles. The maximum absolute atomic E-state index is 13.3. The van der Waals surface area contributed by atoms with E-state index >= 15 is 0 Å². The number of methoxy groups -OCH3 is 1. The van der Waals surface area contributed by atoms with E-state index in [0.29, 0.717) is 5.56 Å². The molecule has 0 fully saturated rings. The number of ether oxygens (including phenoxy) is 2. The molecule has 0 aromatic heterocycles. The molecule has 2 unspecified atom stereocenters. The topological polar surface area (TPSA) is 157 Å². The first kappa shape index (κ1) is 27.4. The van der Waals surface area contributed by atoms with Crippen molar-refractivity contribution in [2.24, 2.45) is 5.73 Å². The van der Waals surface area contributed by atoms with Crippen LogP contribution in [0.1, 0.15) is 44.4 Å². The standard InChI is InChI=1S/C22H32N4O7/c1-13-8-7-9-14(10-13)18(19(29)24-12-17(28)32-6)26(5)20(30)15(11-16(23)27)25-21(31)33-22(2,3)4/h7-10,15,18H,11-12H2,1-6H3,(H2,23,27)(H,24,29)(H,25,31). The average molecular weight is 465 g/mol. The van der Waals surface area contributed by atoms with Gasteiger partial charge in [-0.1, -0.05) is 29.8 Å². The number of nitrogens with one attached hydrogen (secondary N) is 2. The van der Waals surface area contributed by atoms with Gasteiger partial charge >= 0.3 is 12.1 Å². The fourth-order valence-corrected chi connectivity index (χ4v) is 2.94. The Labute approximate surface area is 193 Å². The van der Waals surface area contributed by atoms with Gasteiger partial charge in [0.2, 0.25) is 17.7 Å². The van der Waals surface area contributed by atoms with Gasteiger partial charge < -0.3 is 30.7 Å². The molecular weight excluding hydrogens is 432 g/mol. The summed E-state index contributed by atoms with van der Waals surface area (Å²) in [6.45, 7) is 6.34. The highest BCUT2D eigenvalue weighted by atomic mass is 16.6. The van der Waals surface area contributed by atoms with Crippen molar-refractivity contribution >= 4 is 29.8 Å². The van der Waals surface area contributed by atoms with Crippen LogP contribution < -0.4 is 16.4 Å². The molecule has 0 heterocycles. The smallest absolute Gasteiger partial charge is 0.408 e. The molecule has 1 aromatic rings. The average Bonchev–Trinajstić information content (AvgIpc) is 2.69. The van der Waals surface area contributed by atoms with Gasteiger partial charge in [0.1, 0.15) is 24.2 Å². The molecule has 182 valence electrons. The van der Waals surface area contributed by atoms with Crippen LogP contribution >= 0.6 is 0 Å². The van der Waals surface area contributed by atoms with E-state index in [9.17, 15) is 24.0 Å². The fraction of sp³-hybridized carbons (Fsp3) is 0.500. The summed E-state index contributed by atoms with van der Waals surface area (Å²) in [6.07, 6.45) is -1.43. The van der Waals surface area contributed by atoms with E-state index in [1.807, 2.05) is 13.0 Å². The first-order valence-corrected chi connectivity index (χ1v) is 10.2. The lowest BCUT2D eigenvalue weighted by atomic mass is 10.0. The van der Waals surface area contributed by atoms with Gasteiger partial charge in [-0.3, -0.25) is 19.2 Å². The number of hydrogen-bond donors (Lipinski definition) is 3. The number of primary amides is 1. The number of carbonyl (C=O) groups is 5. The summed E-state index contributed by atoms with van der Waals surface area (Å²) >= 11 is 0. The van der Waals surface area contributed by atoms with Crippen molar-refractivity contribution in [2.75, 3.05) is 20.7 Å². The highest BCUT2D eigenvalue weighted by Gasteiger charge is 2.35. The molecule has 0 aliphatic heterocycles. The normalized spacial score (nSPS) is 12.7. The van der Waals surface area contributed by atoms with Gasteiger partial charge in [0.25, 0.3) is 0 Å². The van der Waals surface area contributed by atoms with Gasteiger partial charge in [-0.05, 0) is 33.3 Å². The zero-order valence-corrected chi connectivity index (χ0v) is 19.8. The van der Waals surface area contributed by atoms with Crippen LogP contribution in [-0.4, -0.2) is 67.0 Å². The van der Waals surface area contributed by atoms with Crippen LogP contribution in [0.2, 0.25) is 0 Å².